The molecule has 1 amide bonds. The largest absolute Gasteiger partial charge is 0.351 e. The SMILES string of the molecule is CC(C)C(=O)Nc1ccc(N2C(=S)NC(c3ccccn3)C2c2cccn2-c2ccc(Cl)cc2Cl)cc1Cl. The molecule has 0 aliphatic carbocycles. The van der Waals surface area contributed by atoms with E-state index >= 15 is 0 Å². The van der Waals surface area contributed by atoms with E-state index in [9.17, 15) is 4.79 Å². The van der Waals surface area contributed by atoms with E-state index < -0.39 is 0 Å². The number of thiocarbonyl (C=S) groups is 1. The molecule has 0 saturated carbocycles. The average molecular weight is 585 g/mol. The molecule has 38 heavy (non-hydrogen) atoms. The quantitative estimate of drug-likeness (QED) is 0.229. The van der Waals surface area contributed by atoms with Crippen LogP contribution in [0.4, 0.5) is 11.4 Å². The van der Waals surface area contributed by atoms with E-state index in [-0.39, 0.29) is 23.9 Å². The summed E-state index contributed by atoms with van der Waals surface area (Å²) in [6.07, 6.45) is 3.72. The van der Waals surface area contributed by atoms with Crippen molar-refractivity contribution in [1.29, 1.82) is 0 Å². The zero-order chi connectivity index (χ0) is 27.0. The molecule has 5 rings (SSSR count). The van der Waals surface area contributed by atoms with Crippen molar-refractivity contribution in [3.05, 3.63) is 106 Å². The van der Waals surface area contributed by atoms with E-state index in [1.807, 2.05) is 84.1 Å². The third-order valence-electron chi connectivity index (χ3n) is 6.36. The fraction of sp³-hybridized carbons (Fsp3) is 0.179. The zero-order valence-corrected chi connectivity index (χ0v) is 23.6. The molecule has 1 aliphatic heterocycles. The lowest BCUT2D eigenvalue weighted by molar-refractivity contribution is -0.118. The second-order valence-corrected chi connectivity index (χ2v) is 10.8. The van der Waals surface area contributed by atoms with Gasteiger partial charge in [-0.2, -0.15) is 0 Å². The summed E-state index contributed by atoms with van der Waals surface area (Å²) in [5.74, 6) is -0.277. The van der Waals surface area contributed by atoms with Crippen LogP contribution in [-0.4, -0.2) is 20.6 Å². The van der Waals surface area contributed by atoms with Crippen molar-refractivity contribution in [2.24, 2.45) is 5.92 Å². The molecule has 2 aromatic carbocycles. The van der Waals surface area contributed by atoms with E-state index in [1.165, 1.54) is 0 Å². The first-order valence-corrected chi connectivity index (χ1v) is 13.5. The van der Waals surface area contributed by atoms with Gasteiger partial charge in [-0.3, -0.25) is 9.78 Å². The van der Waals surface area contributed by atoms with Crippen LogP contribution in [0.25, 0.3) is 5.69 Å². The highest BCUT2D eigenvalue weighted by atomic mass is 35.5. The molecule has 0 bridgehead atoms. The van der Waals surface area contributed by atoms with Gasteiger partial charge in [0.25, 0.3) is 0 Å². The molecule has 2 atom stereocenters. The smallest absolute Gasteiger partial charge is 0.226 e. The van der Waals surface area contributed by atoms with Crippen LogP contribution in [0.15, 0.2) is 79.1 Å². The Kier molecular flexibility index (Phi) is 7.63. The number of nitrogens with zero attached hydrogens (tertiary/aromatic N) is 3. The highest BCUT2D eigenvalue weighted by molar-refractivity contribution is 7.80. The van der Waals surface area contributed by atoms with Gasteiger partial charge < -0.3 is 20.1 Å². The van der Waals surface area contributed by atoms with Crippen molar-refractivity contribution in [3.8, 4) is 5.69 Å². The predicted octanol–water partition coefficient (Wildman–Crippen LogP) is 7.60. The summed E-state index contributed by atoms with van der Waals surface area (Å²) in [6, 6.07) is 20.1. The number of anilines is 2. The van der Waals surface area contributed by atoms with Gasteiger partial charge in [0.15, 0.2) is 5.11 Å². The van der Waals surface area contributed by atoms with E-state index in [0.717, 1.165) is 22.8 Å². The normalized spacial score (nSPS) is 17.1. The van der Waals surface area contributed by atoms with Crippen LogP contribution >= 0.6 is 47.0 Å². The summed E-state index contributed by atoms with van der Waals surface area (Å²) in [5.41, 5.74) is 3.88. The lowest BCUT2D eigenvalue weighted by Gasteiger charge is -2.29. The summed E-state index contributed by atoms with van der Waals surface area (Å²) in [7, 11) is 0. The van der Waals surface area contributed by atoms with Crippen molar-refractivity contribution in [2.45, 2.75) is 25.9 Å². The molecule has 1 fully saturated rings. The maximum Gasteiger partial charge on any atom is 0.226 e. The Bertz CT molecular complexity index is 1510. The van der Waals surface area contributed by atoms with Crippen molar-refractivity contribution < 1.29 is 4.79 Å². The summed E-state index contributed by atoms with van der Waals surface area (Å²) in [5, 5.41) is 8.35. The number of hydrogen-bond donors (Lipinski definition) is 2. The van der Waals surface area contributed by atoms with E-state index in [2.05, 4.69) is 15.6 Å². The summed E-state index contributed by atoms with van der Waals surface area (Å²) < 4.78 is 2.03. The molecule has 2 N–H and O–H groups in total. The van der Waals surface area contributed by atoms with Gasteiger partial charge in [-0.15, -0.1) is 0 Å². The van der Waals surface area contributed by atoms with Crippen LogP contribution < -0.4 is 15.5 Å². The Hall–Kier alpha value is -3.10. The van der Waals surface area contributed by atoms with Crippen molar-refractivity contribution in [2.75, 3.05) is 10.2 Å². The number of carbonyl (C=O) groups is 1. The zero-order valence-electron chi connectivity index (χ0n) is 20.5. The van der Waals surface area contributed by atoms with E-state index in [0.29, 0.717) is 25.9 Å². The Morgan fingerprint density at radius 2 is 1.84 bits per heavy atom. The molecular weight excluding hydrogens is 561 g/mol. The molecular formula is C28H24Cl3N5OS. The summed E-state index contributed by atoms with van der Waals surface area (Å²) in [6.45, 7) is 3.66. The number of rotatable bonds is 6. The minimum Gasteiger partial charge on any atom is -0.351 e. The van der Waals surface area contributed by atoms with Gasteiger partial charge in [-0.25, -0.2) is 0 Å². The first kappa shape index (κ1) is 26.5. The number of hydrogen-bond acceptors (Lipinski definition) is 3. The Labute approximate surface area is 241 Å². The molecule has 2 unspecified atom stereocenters. The van der Waals surface area contributed by atoms with Gasteiger partial charge in [0, 0.05) is 34.7 Å². The third-order valence-corrected chi connectivity index (χ3v) is 7.53. The maximum absolute atomic E-state index is 12.2. The monoisotopic (exact) mass is 583 g/mol. The summed E-state index contributed by atoms with van der Waals surface area (Å²) >= 11 is 25.3. The Morgan fingerprint density at radius 3 is 2.53 bits per heavy atom. The molecule has 194 valence electrons. The van der Waals surface area contributed by atoms with Gasteiger partial charge in [0.1, 0.15) is 6.04 Å². The molecule has 0 spiro atoms. The summed E-state index contributed by atoms with van der Waals surface area (Å²) in [4.78, 5) is 18.9. The molecule has 2 aromatic heterocycles. The molecule has 0 radical (unpaired) electrons. The average Bonchev–Trinajstić information content (AvgIpc) is 3.50. The highest BCUT2D eigenvalue weighted by Crippen LogP contribution is 2.44. The van der Waals surface area contributed by atoms with Crippen molar-refractivity contribution in [3.63, 3.8) is 0 Å². The number of halogens is 3. The van der Waals surface area contributed by atoms with Gasteiger partial charge in [-0.05, 0) is 72.9 Å². The van der Waals surface area contributed by atoms with E-state index in [1.54, 1.807) is 18.3 Å². The van der Waals surface area contributed by atoms with Gasteiger partial charge >= 0.3 is 0 Å². The molecule has 6 nitrogen and oxygen atoms in total. The Morgan fingerprint density at radius 1 is 1.03 bits per heavy atom. The lowest BCUT2D eigenvalue weighted by Crippen LogP contribution is -2.30. The van der Waals surface area contributed by atoms with E-state index in [4.69, 9.17) is 47.0 Å². The predicted molar refractivity (Wildman–Crippen MR) is 159 cm³/mol. The number of nitrogens with one attached hydrogen (secondary N) is 2. The standard InChI is InChI=1S/C28H24Cl3N5OS/c1-16(2)27(37)33-21-10-9-18(15-19(21)30)36-26(25(34-28(36)38)22-6-3-4-12-32-22)24-7-5-13-35(24)23-11-8-17(29)14-20(23)31/h3-16,25-26H,1-2H3,(H,33,37)(H,34,38). The second kappa shape index (κ2) is 10.9. The second-order valence-electron chi connectivity index (χ2n) is 9.20. The first-order valence-electron chi connectivity index (χ1n) is 12.0. The highest BCUT2D eigenvalue weighted by Gasteiger charge is 2.42. The lowest BCUT2D eigenvalue weighted by atomic mass is 10.0. The van der Waals surface area contributed by atoms with Crippen LogP contribution in [0.2, 0.25) is 15.1 Å². The molecule has 4 aromatic rings. The minimum absolute atomic E-state index is 0.108. The number of pyridine rings is 1. The number of amides is 1. The topological polar surface area (TPSA) is 62.2 Å². The van der Waals surface area contributed by atoms with Crippen molar-refractivity contribution in [1.82, 2.24) is 14.9 Å². The molecule has 3 heterocycles. The fourth-order valence-electron chi connectivity index (χ4n) is 4.50. The number of benzene rings is 2. The van der Waals surface area contributed by atoms with Gasteiger partial charge in [0.05, 0.1) is 33.2 Å². The molecule has 1 saturated heterocycles. The Balaban J connectivity index is 1.61. The van der Waals surface area contributed by atoms with Crippen LogP contribution in [0.3, 0.4) is 0 Å². The van der Waals surface area contributed by atoms with Crippen LogP contribution in [0, 0.1) is 5.92 Å². The number of carbonyl (C=O) groups excluding carboxylic acids is 1. The molecule has 10 heteroatoms. The number of aromatic nitrogens is 2. The molecule has 1 aliphatic rings. The van der Waals surface area contributed by atoms with Crippen LogP contribution in [0.1, 0.15) is 37.3 Å². The minimum atomic E-state index is -0.300. The third kappa shape index (κ3) is 5.12. The maximum atomic E-state index is 12.2. The first-order chi connectivity index (χ1) is 18.2. The van der Waals surface area contributed by atoms with Gasteiger partial charge in [0.2, 0.25) is 5.91 Å². The van der Waals surface area contributed by atoms with Gasteiger partial charge in [-0.1, -0.05) is 54.7 Å². The fourth-order valence-corrected chi connectivity index (χ4v) is 5.56. The van der Waals surface area contributed by atoms with Crippen LogP contribution in [-0.2, 0) is 4.79 Å². The van der Waals surface area contributed by atoms with Crippen molar-refractivity contribution >= 4 is 69.4 Å². The van der Waals surface area contributed by atoms with Crippen LogP contribution in [0.5, 0.6) is 0 Å².